The number of rotatable bonds is 0. The molecule has 0 spiro atoms. The van der Waals surface area contributed by atoms with Gasteiger partial charge in [-0.1, -0.05) is 5.03 Å². The molecule has 3 heteroatoms. The van der Waals surface area contributed by atoms with Crippen molar-refractivity contribution in [3.05, 3.63) is 12.5 Å². The highest BCUT2D eigenvalue weighted by molar-refractivity contribution is 7.58. The number of aromatic nitrogens is 2. The average molecular weight is 113 g/mol. The lowest BCUT2D eigenvalue weighted by Crippen LogP contribution is -1.84. The van der Waals surface area contributed by atoms with E-state index in [4.69, 9.17) is 12.6 Å². The van der Waals surface area contributed by atoms with E-state index in [9.17, 15) is 0 Å². The van der Waals surface area contributed by atoms with Crippen molar-refractivity contribution >= 4 is 12.6 Å². The first-order valence-electron chi connectivity index (χ1n) is 1.94. The van der Waals surface area contributed by atoms with E-state index >= 15 is 0 Å². The molecule has 0 unspecified atom stereocenters. The van der Waals surface area contributed by atoms with Gasteiger partial charge >= 0.3 is 0 Å². The van der Waals surface area contributed by atoms with Gasteiger partial charge in [-0.05, 0) is 0 Å². The second kappa shape index (κ2) is 1.50. The summed E-state index contributed by atoms with van der Waals surface area (Å²) in [5, 5.41) is 0.778. The van der Waals surface area contributed by atoms with E-state index in [1.54, 1.807) is 17.1 Å². The summed E-state index contributed by atoms with van der Waals surface area (Å²) in [7, 11) is 1.87. The molecule has 7 heavy (non-hydrogen) atoms. The standard InChI is InChI=1S/C4H6N2S/c1-6-3-5-2-4(6)7/h2-3,7H,1H3/p-1. The third-order valence-corrected chi connectivity index (χ3v) is 1.17. The summed E-state index contributed by atoms with van der Waals surface area (Å²) in [6.07, 6.45) is 3.33. The highest BCUT2D eigenvalue weighted by Gasteiger charge is 1.74. The molecular formula is C4H5N2S-. The molecule has 0 aliphatic rings. The molecule has 0 bridgehead atoms. The van der Waals surface area contributed by atoms with E-state index in [0.29, 0.717) is 0 Å². The van der Waals surface area contributed by atoms with Crippen molar-refractivity contribution in [3.63, 3.8) is 0 Å². The number of hydrogen-bond acceptors (Lipinski definition) is 2. The molecule has 1 aromatic heterocycles. The third-order valence-electron chi connectivity index (χ3n) is 0.772. The fourth-order valence-electron chi connectivity index (χ4n) is 0.345. The maximum absolute atomic E-state index is 4.79. The Bertz CT molecular complexity index is 142. The van der Waals surface area contributed by atoms with Crippen LogP contribution in [0.3, 0.4) is 0 Å². The largest absolute Gasteiger partial charge is 0.761 e. The third kappa shape index (κ3) is 0.718. The van der Waals surface area contributed by atoms with Crippen molar-refractivity contribution < 1.29 is 0 Å². The Hall–Kier alpha value is -0.570. The fraction of sp³-hybridized carbons (Fsp3) is 0.250. The number of hydrogen-bond donors (Lipinski definition) is 0. The van der Waals surface area contributed by atoms with Gasteiger partial charge in [-0.25, -0.2) is 4.98 Å². The molecule has 0 aliphatic heterocycles. The quantitative estimate of drug-likeness (QED) is 0.451. The van der Waals surface area contributed by atoms with Crippen LogP contribution in [0.1, 0.15) is 0 Å². The molecule has 0 saturated carbocycles. The van der Waals surface area contributed by atoms with Crippen LogP contribution >= 0.6 is 0 Å². The van der Waals surface area contributed by atoms with Crippen molar-refractivity contribution in [1.82, 2.24) is 9.55 Å². The first-order valence-corrected chi connectivity index (χ1v) is 2.35. The molecule has 1 rings (SSSR count). The van der Waals surface area contributed by atoms with Crippen LogP contribution in [0.5, 0.6) is 0 Å². The Morgan fingerprint density at radius 1 is 1.86 bits per heavy atom. The van der Waals surface area contributed by atoms with Crippen LogP contribution in [0.2, 0.25) is 0 Å². The van der Waals surface area contributed by atoms with E-state index in [1.165, 1.54) is 0 Å². The van der Waals surface area contributed by atoms with Gasteiger partial charge in [0.1, 0.15) is 0 Å². The van der Waals surface area contributed by atoms with Crippen LogP contribution in [0.15, 0.2) is 17.6 Å². The summed E-state index contributed by atoms with van der Waals surface area (Å²) in [6.45, 7) is 0. The van der Waals surface area contributed by atoms with Crippen molar-refractivity contribution in [2.24, 2.45) is 7.05 Å². The highest BCUT2D eigenvalue weighted by Crippen LogP contribution is 1.89. The minimum Gasteiger partial charge on any atom is -0.761 e. The molecule has 0 fully saturated rings. The Kier molecular flexibility index (Phi) is 0.982. The second-order valence-corrected chi connectivity index (χ2v) is 1.76. The molecule has 1 aromatic rings. The molecule has 0 amide bonds. The fourth-order valence-corrected chi connectivity index (χ4v) is 0.453. The van der Waals surface area contributed by atoms with Gasteiger partial charge in [0, 0.05) is 13.2 Å². The normalized spacial score (nSPS) is 9.29. The predicted octanol–water partition coefficient (Wildman–Crippen LogP) is 0.326. The van der Waals surface area contributed by atoms with Gasteiger partial charge in [-0.2, -0.15) is 0 Å². The van der Waals surface area contributed by atoms with Gasteiger partial charge in [0.15, 0.2) is 0 Å². The number of imidazole rings is 1. The van der Waals surface area contributed by atoms with Crippen LogP contribution in [-0.2, 0) is 19.7 Å². The van der Waals surface area contributed by atoms with Gasteiger partial charge in [0.2, 0.25) is 0 Å². The number of aryl methyl sites for hydroxylation is 1. The Morgan fingerprint density at radius 3 is 2.71 bits per heavy atom. The first-order chi connectivity index (χ1) is 3.30. The molecule has 38 valence electrons. The van der Waals surface area contributed by atoms with Crippen LogP contribution in [0, 0.1) is 0 Å². The molecule has 0 saturated heterocycles. The van der Waals surface area contributed by atoms with Crippen LogP contribution in [-0.4, -0.2) is 9.55 Å². The van der Waals surface area contributed by atoms with Gasteiger partial charge in [0.25, 0.3) is 0 Å². The van der Waals surface area contributed by atoms with Gasteiger partial charge in [0.05, 0.1) is 6.33 Å². The lowest BCUT2D eigenvalue weighted by Gasteiger charge is -2.01. The topological polar surface area (TPSA) is 17.8 Å². The van der Waals surface area contributed by atoms with Gasteiger partial charge in [-0.3, -0.25) is 0 Å². The summed E-state index contributed by atoms with van der Waals surface area (Å²) in [5.74, 6) is 0. The Morgan fingerprint density at radius 2 is 2.57 bits per heavy atom. The maximum Gasteiger partial charge on any atom is 0.0929 e. The minimum absolute atomic E-state index is 0.778. The van der Waals surface area contributed by atoms with Crippen LogP contribution in [0.4, 0.5) is 0 Å². The van der Waals surface area contributed by atoms with Crippen molar-refractivity contribution in [2.75, 3.05) is 0 Å². The zero-order valence-corrected chi connectivity index (χ0v) is 4.77. The smallest absolute Gasteiger partial charge is 0.0929 e. The lowest BCUT2D eigenvalue weighted by atomic mass is 10.9. The average Bonchev–Trinajstić information content (AvgIpc) is 1.91. The molecule has 0 N–H and O–H groups in total. The minimum atomic E-state index is 0.778. The SMILES string of the molecule is Cn1cncc1[S-]. The predicted molar refractivity (Wildman–Crippen MR) is 28.8 cm³/mol. The summed E-state index contributed by atoms with van der Waals surface area (Å²) in [6, 6.07) is 0. The van der Waals surface area contributed by atoms with Crippen LogP contribution < -0.4 is 0 Å². The summed E-state index contributed by atoms with van der Waals surface area (Å²) in [5.41, 5.74) is 0. The molecule has 0 radical (unpaired) electrons. The molecule has 0 aromatic carbocycles. The van der Waals surface area contributed by atoms with Gasteiger partial charge < -0.3 is 17.2 Å². The van der Waals surface area contributed by atoms with Crippen molar-refractivity contribution in [3.8, 4) is 0 Å². The van der Waals surface area contributed by atoms with E-state index in [1.807, 2.05) is 7.05 Å². The zero-order valence-electron chi connectivity index (χ0n) is 3.96. The maximum atomic E-state index is 4.79. The lowest BCUT2D eigenvalue weighted by molar-refractivity contribution is 0.826. The molecule has 0 aliphatic carbocycles. The summed E-state index contributed by atoms with van der Waals surface area (Å²) < 4.78 is 1.79. The Labute approximate surface area is 47.6 Å². The zero-order chi connectivity index (χ0) is 5.28. The summed E-state index contributed by atoms with van der Waals surface area (Å²) >= 11 is 4.79. The second-order valence-electron chi connectivity index (χ2n) is 1.34. The summed E-state index contributed by atoms with van der Waals surface area (Å²) in [4.78, 5) is 3.78. The molecular weight excluding hydrogens is 108 g/mol. The first kappa shape index (κ1) is 4.59. The van der Waals surface area contributed by atoms with Crippen LogP contribution in [0.25, 0.3) is 0 Å². The highest BCUT2D eigenvalue weighted by atomic mass is 32.1. The Balaban J connectivity index is 3.12. The number of nitrogens with zero attached hydrogens (tertiary/aromatic N) is 2. The van der Waals surface area contributed by atoms with Crippen molar-refractivity contribution in [2.45, 2.75) is 5.03 Å². The molecule has 2 nitrogen and oxygen atoms in total. The van der Waals surface area contributed by atoms with E-state index in [-0.39, 0.29) is 0 Å². The van der Waals surface area contributed by atoms with E-state index in [0.717, 1.165) is 5.03 Å². The van der Waals surface area contributed by atoms with E-state index in [2.05, 4.69) is 4.98 Å². The van der Waals surface area contributed by atoms with E-state index < -0.39 is 0 Å². The monoisotopic (exact) mass is 113 g/mol. The molecule has 1 heterocycles. The molecule has 0 atom stereocenters. The van der Waals surface area contributed by atoms with Gasteiger partial charge in [-0.15, -0.1) is 0 Å². The van der Waals surface area contributed by atoms with Crippen molar-refractivity contribution in [1.29, 1.82) is 0 Å².